The van der Waals surface area contributed by atoms with E-state index in [1.807, 2.05) is 36.4 Å². The molecule has 5 nitrogen and oxygen atoms in total. The van der Waals surface area contributed by atoms with E-state index in [1.165, 1.54) is 5.39 Å². The van der Waals surface area contributed by atoms with Crippen molar-refractivity contribution in [3.8, 4) is 78.7 Å². The van der Waals surface area contributed by atoms with Crippen LogP contribution in [0.3, 0.4) is 0 Å². The average molecular weight is 793 g/mol. The summed E-state index contributed by atoms with van der Waals surface area (Å²) >= 11 is 0. The summed E-state index contributed by atoms with van der Waals surface area (Å²) in [5.74, 6) is 0.650. The number of aromatic nitrogens is 4. The number of fused-ring (bicyclic) bond motifs is 6. The molecular weight excluding hydrogens is 757 g/mol. The van der Waals surface area contributed by atoms with Gasteiger partial charge in [-0.05, 0) is 52.4 Å². The first-order chi connectivity index (χ1) is 30.7. The van der Waals surface area contributed by atoms with Gasteiger partial charge in [-0.1, -0.05) is 188 Å². The first kappa shape index (κ1) is 35.5. The molecule has 0 aliphatic heterocycles. The fourth-order valence-corrected chi connectivity index (χ4v) is 8.90. The van der Waals surface area contributed by atoms with Crippen molar-refractivity contribution in [1.29, 1.82) is 0 Å². The summed E-state index contributed by atoms with van der Waals surface area (Å²) in [6, 6.07) is 76.1. The van der Waals surface area contributed by atoms with Gasteiger partial charge >= 0.3 is 0 Å². The lowest BCUT2D eigenvalue weighted by Gasteiger charge is -2.11. The minimum atomic E-state index is 0.650. The molecule has 0 fully saturated rings. The van der Waals surface area contributed by atoms with E-state index in [4.69, 9.17) is 19.5 Å². The average Bonchev–Trinajstić information content (AvgIpc) is 3.95. The van der Waals surface area contributed by atoms with Gasteiger partial charge in [0.25, 0.3) is 0 Å². The summed E-state index contributed by atoms with van der Waals surface area (Å²) in [7, 11) is 0. The Morgan fingerprint density at radius 1 is 0.387 bits per heavy atom. The van der Waals surface area contributed by atoms with E-state index in [9.17, 15) is 0 Å². The SMILES string of the molecule is c1ccc(-c2cc(-c3cccc(-c4cccc5oc6ccccc6c45)c3)nc(-c3ccc(-c4nn5c(-c6ccccc6)cc6ccccc6c5c4-c4ccccc4)cc3)n2)cc1. The van der Waals surface area contributed by atoms with Crippen molar-refractivity contribution >= 4 is 38.2 Å². The van der Waals surface area contributed by atoms with Gasteiger partial charge in [0.2, 0.25) is 0 Å². The van der Waals surface area contributed by atoms with E-state index < -0.39 is 0 Å². The van der Waals surface area contributed by atoms with Crippen LogP contribution in [0.5, 0.6) is 0 Å². The Morgan fingerprint density at radius 3 is 1.74 bits per heavy atom. The molecule has 0 saturated carbocycles. The van der Waals surface area contributed by atoms with Crippen LogP contribution in [0.1, 0.15) is 0 Å². The van der Waals surface area contributed by atoms with Gasteiger partial charge in [0.05, 0.1) is 22.6 Å². The summed E-state index contributed by atoms with van der Waals surface area (Å²) in [6.07, 6.45) is 0. The molecule has 0 bridgehead atoms. The highest BCUT2D eigenvalue weighted by molar-refractivity contribution is 6.12. The highest BCUT2D eigenvalue weighted by atomic mass is 16.3. The van der Waals surface area contributed by atoms with Crippen LogP contribution in [-0.4, -0.2) is 19.6 Å². The molecule has 0 saturated heterocycles. The Bertz CT molecular complexity index is 3610. The zero-order valence-corrected chi connectivity index (χ0v) is 33.5. The Balaban J connectivity index is 1.00. The van der Waals surface area contributed by atoms with Crippen LogP contribution in [0.4, 0.5) is 0 Å². The fourth-order valence-electron chi connectivity index (χ4n) is 8.90. The Kier molecular flexibility index (Phi) is 8.42. The van der Waals surface area contributed by atoms with Crippen molar-refractivity contribution in [2.45, 2.75) is 0 Å². The number of pyridine rings is 1. The largest absolute Gasteiger partial charge is 0.456 e. The van der Waals surface area contributed by atoms with Crippen LogP contribution in [0.25, 0.3) is 117 Å². The molecule has 4 heterocycles. The number of hydrogen-bond donors (Lipinski definition) is 0. The lowest BCUT2D eigenvalue weighted by molar-refractivity contribution is 0.669. The topological polar surface area (TPSA) is 56.2 Å². The number of furan rings is 1. The van der Waals surface area contributed by atoms with Gasteiger partial charge in [0.1, 0.15) is 16.9 Å². The van der Waals surface area contributed by atoms with Crippen molar-refractivity contribution in [2.24, 2.45) is 0 Å². The normalized spacial score (nSPS) is 11.5. The molecular formula is C57H36N4O. The molecule has 0 radical (unpaired) electrons. The molecule has 12 rings (SSSR count). The lowest BCUT2D eigenvalue weighted by Crippen LogP contribution is -1.96. The number of para-hydroxylation sites is 1. The molecule has 0 atom stereocenters. The zero-order valence-electron chi connectivity index (χ0n) is 33.5. The van der Waals surface area contributed by atoms with E-state index in [0.717, 1.165) is 106 Å². The van der Waals surface area contributed by atoms with Crippen molar-refractivity contribution in [1.82, 2.24) is 19.6 Å². The summed E-state index contributed by atoms with van der Waals surface area (Å²) in [5.41, 5.74) is 16.0. The van der Waals surface area contributed by atoms with Crippen molar-refractivity contribution in [3.63, 3.8) is 0 Å². The van der Waals surface area contributed by atoms with Crippen LogP contribution in [0.2, 0.25) is 0 Å². The maximum absolute atomic E-state index is 6.25. The fraction of sp³-hybridized carbons (Fsp3) is 0. The molecule has 5 heteroatoms. The van der Waals surface area contributed by atoms with E-state index in [0.29, 0.717) is 5.82 Å². The Hall–Kier alpha value is -8.41. The second kappa shape index (κ2) is 14.7. The summed E-state index contributed by atoms with van der Waals surface area (Å²) in [5, 5.41) is 9.97. The van der Waals surface area contributed by atoms with E-state index in [-0.39, 0.29) is 0 Å². The van der Waals surface area contributed by atoms with Crippen LogP contribution in [-0.2, 0) is 0 Å². The molecule has 12 aromatic rings. The number of rotatable bonds is 7. The number of benzene rings is 8. The monoisotopic (exact) mass is 792 g/mol. The first-order valence-electron chi connectivity index (χ1n) is 20.9. The van der Waals surface area contributed by atoms with Crippen LogP contribution in [0, 0.1) is 0 Å². The molecule has 0 spiro atoms. The van der Waals surface area contributed by atoms with Gasteiger partial charge in [0.15, 0.2) is 5.82 Å². The van der Waals surface area contributed by atoms with Gasteiger partial charge in [-0.15, -0.1) is 0 Å². The second-order valence-corrected chi connectivity index (χ2v) is 15.6. The smallest absolute Gasteiger partial charge is 0.160 e. The lowest BCUT2D eigenvalue weighted by atomic mass is 9.96. The van der Waals surface area contributed by atoms with E-state index in [1.54, 1.807) is 0 Å². The van der Waals surface area contributed by atoms with Gasteiger partial charge in [-0.25, -0.2) is 14.5 Å². The molecule has 62 heavy (non-hydrogen) atoms. The molecule has 0 N–H and O–H groups in total. The molecule has 0 aliphatic carbocycles. The van der Waals surface area contributed by atoms with Crippen LogP contribution in [0.15, 0.2) is 223 Å². The predicted molar refractivity (Wildman–Crippen MR) is 254 cm³/mol. The van der Waals surface area contributed by atoms with Crippen molar-refractivity contribution in [2.75, 3.05) is 0 Å². The van der Waals surface area contributed by atoms with Crippen molar-refractivity contribution in [3.05, 3.63) is 218 Å². The summed E-state index contributed by atoms with van der Waals surface area (Å²) in [4.78, 5) is 10.5. The van der Waals surface area contributed by atoms with Gasteiger partial charge in [-0.2, -0.15) is 5.10 Å². The molecule has 0 unspecified atom stereocenters. The third-order valence-electron chi connectivity index (χ3n) is 11.8. The molecule has 4 aromatic heterocycles. The third kappa shape index (κ3) is 6.06. The van der Waals surface area contributed by atoms with E-state index in [2.05, 4.69) is 187 Å². The maximum atomic E-state index is 6.25. The molecule has 8 aromatic carbocycles. The zero-order chi connectivity index (χ0) is 41.0. The van der Waals surface area contributed by atoms with Gasteiger partial charge < -0.3 is 4.42 Å². The Morgan fingerprint density at radius 2 is 0.968 bits per heavy atom. The minimum Gasteiger partial charge on any atom is -0.456 e. The highest BCUT2D eigenvalue weighted by Crippen LogP contribution is 2.42. The standard InChI is InChI=1S/C57H36N4O/c1-4-16-37(17-5-1)48-36-49(44-24-14-23-42(34-44)45-27-15-29-52-54(45)47-26-12-13-28-51(47)62-52)59-57(58-48)41-32-30-40(31-33-41)55-53(39-20-8-3-9-21-39)56-46-25-11-10-22-43(46)35-50(61(56)60-55)38-18-6-2-7-19-38/h1-36H. The second-order valence-electron chi connectivity index (χ2n) is 15.6. The predicted octanol–water partition coefficient (Wildman–Crippen LogP) is 14.8. The summed E-state index contributed by atoms with van der Waals surface area (Å²) < 4.78 is 8.39. The minimum absolute atomic E-state index is 0.650. The molecule has 0 aliphatic rings. The van der Waals surface area contributed by atoms with E-state index >= 15 is 0 Å². The van der Waals surface area contributed by atoms with Crippen LogP contribution < -0.4 is 0 Å². The van der Waals surface area contributed by atoms with Gasteiger partial charge in [-0.3, -0.25) is 0 Å². The quantitative estimate of drug-likeness (QED) is 0.161. The maximum Gasteiger partial charge on any atom is 0.160 e. The summed E-state index contributed by atoms with van der Waals surface area (Å²) in [6.45, 7) is 0. The van der Waals surface area contributed by atoms with Crippen LogP contribution >= 0.6 is 0 Å². The van der Waals surface area contributed by atoms with Crippen molar-refractivity contribution < 1.29 is 4.42 Å². The number of hydrogen-bond acceptors (Lipinski definition) is 4. The molecule has 290 valence electrons. The Labute approximate surface area is 357 Å². The number of nitrogens with zero attached hydrogens (tertiary/aromatic N) is 4. The molecule has 0 amide bonds. The first-order valence-corrected chi connectivity index (χ1v) is 20.9. The van der Waals surface area contributed by atoms with Gasteiger partial charge in [0, 0.05) is 49.5 Å². The third-order valence-corrected chi connectivity index (χ3v) is 11.8. The highest BCUT2D eigenvalue weighted by Gasteiger charge is 2.22.